The fraction of sp³-hybridized carbons (Fsp3) is 0.875. The number of likely N-dealkylation sites (tertiary alicyclic amines) is 1. The fourth-order valence-electron chi connectivity index (χ4n) is 3.04. The lowest BCUT2D eigenvalue weighted by molar-refractivity contribution is -0.131. The molecule has 0 aromatic carbocycles. The van der Waals surface area contributed by atoms with Crippen LogP contribution in [0, 0.1) is 5.92 Å². The Morgan fingerprint density at radius 2 is 1.81 bits per heavy atom. The lowest BCUT2D eigenvalue weighted by atomic mass is 9.85. The number of carbonyl (C=O) groups excluding carboxylic acids is 2. The largest absolute Gasteiger partial charge is 0.388 e. The van der Waals surface area contributed by atoms with Gasteiger partial charge >= 0.3 is 0 Å². The van der Waals surface area contributed by atoms with Crippen molar-refractivity contribution in [3.05, 3.63) is 0 Å². The van der Waals surface area contributed by atoms with Crippen LogP contribution in [0.2, 0.25) is 0 Å². The average Bonchev–Trinajstić information content (AvgIpc) is 2.95. The highest BCUT2D eigenvalue weighted by atomic mass is 16.3. The first kappa shape index (κ1) is 16.3. The van der Waals surface area contributed by atoms with Crippen LogP contribution in [0.5, 0.6) is 0 Å². The number of nitrogens with zero attached hydrogens (tertiary/aromatic N) is 1. The van der Waals surface area contributed by atoms with E-state index in [9.17, 15) is 14.7 Å². The number of aliphatic hydroxyl groups is 1. The van der Waals surface area contributed by atoms with Crippen molar-refractivity contribution in [1.29, 1.82) is 0 Å². The summed E-state index contributed by atoms with van der Waals surface area (Å²) in [5.74, 6) is -0.321. The maximum absolute atomic E-state index is 12.4. The van der Waals surface area contributed by atoms with Crippen LogP contribution in [0.4, 0.5) is 0 Å². The van der Waals surface area contributed by atoms with E-state index in [0.717, 1.165) is 12.8 Å². The van der Waals surface area contributed by atoms with E-state index in [1.807, 2.05) is 4.90 Å². The maximum Gasteiger partial charge on any atom is 0.225 e. The van der Waals surface area contributed by atoms with Gasteiger partial charge in [-0.3, -0.25) is 9.59 Å². The predicted molar refractivity (Wildman–Crippen MR) is 80.6 cm³/mol. The van der Waals surface area contributed by atoms with E-state index in [4.69, 9.17) is 0 Å². The predicted octanol–water partition coefficient (Wildman–Crippen LogP) is 1.44. The molecule has 2 rings (SSSR count). The highest BCUT2D eigenvalue weighted by molar-refractivity contribution is 5.89. The first-order valence-corrected chi connectivity index (χ1v) is 7.96. The molecule has 1 unspecified atom stereocenters. The molecule has 0 bridgehead atoms. The van der Waals surface area contributed by atoms with E-state index in [2.05, 4.69) is 5.32 Å². The van der Waals surface area contributed by atoms with E-state index in [1.54, 1.807) is 27.7 Å². The zero-order valence-corrected chi connectivity index (χ0v) is 13.6. The molecule has 1 heterocycles. The Morgan fingerprint density at radius 3 is 2.33 bits per heavy atom. The van der Waals surface area contributed by atoms with Crippen LogP contribution in [0.15, 0.2) is 0 Å². The zero-order valence-electron chi connectivity index (χ0n) is 13.6. The molecular weight excluding hydrogens is 268 g/mol. The molecule has 0 radical (unpaired) electrons. The van der Waals surface area contributed by atoms with Crippen LogP contribution in [0.1, 0.15) is 59.8 Å². The topological polar surface area (TPSA) is 69.6 Å². The van der Waals surface area contributed by atoms with Gasteiger partial charge in [-0.05, 0) is 40.5 Å². The summed E-state index contributed by atoms with van der Waals surface area (Å²) in [6.07, 6.45) is 4.78. The van der Waals surface area contributed by atoms with Crippen LogP contribution in [0.25, 0.3) is 0 Å². The Balaban J connectivity index is 1.97. The van der Waals surface area contributed by atoms with Crippen LogP contribution in [-0.4, -0.2) is 45.5 Å². The monoisotopic (exact) mass is 296 g/mol. The Hall–Kier alpha value is -1.10. The lowest BCUT2D eigenvalue weighted by Gasteiger charge is -2.38. The van der Waals surface area contributed by atoms with Crippen molar-refractivity contribution in [2.24, 2.45) is 5.92 Å². The molecule has 120 valence electrons. The Labute approximate surface area is 127 Å². The summed E-state index contributed by atoms with van der Waals surface area (Å²) in [6.45, 7) is 7.49. The second-order valence-corrected chi connectivity index (χ2v) is 7.56. The quantitative estimate of drug-likeness (QED) is 0.825. The number of hydrogen-bond acceptors (Lipinski definition) is 3. The summed E-state index contributed by atoms with van der Waals surface area (Å²) >= 11 is 0. The van der Waals surface area contributed by atoms with E-state index in [-0.39, 0.29) is 17.7 Å². The molecule has 1 atom stereocenters. The van der Waals surface area contributed by atoms with Gasteiger partial charge in [0.25, 0.3) is 0 Å². The van der Waals surface area contributed by atoms with Crippen molar-refractivity contribution >= 4 is 11.8 Å². The third-order valence-electron chi connectivity index (χ3n) is 5.26. The lowest BCUT2D eigenvalue weighted by Crippen LogP contribution is -2.59. The van der Waals surface area contributed by atoms with Gasteiger partial charge in [0.1, 0.15) is 0 Å². The average molecular weight is 296 g/mol. The molecule has 1 saturated heterocycles. The van der Waals surface area contributed by atoms with Crippen LogP contribution in [0.3, 0.4) is 0 Å². The summed E-state index contributed by atoms with van der Waals surface area (Å²) in [5, 5.41) is 13.0. The zero-order chi connectivity index (χ0) is 15.8. The normalized spacial score (nSPS) is 24.7. The van der Waals surface area contributed by atoms with Gasteiger partial charge in [-0.15, -0.1) is 0 Å². The van der Waals surface area contributed by atoms with Crippen molar-refractivity contribution in [3.63, 3.8) is 0 Å². The maximum atomic E-state index is 12.4. The summed E-state index contributed by atoms with van der Waals surface area (Å²) < 4.78 is 0. The van der Waals surface area contributed by atoms with Gasteiger partial charge in [-0.1, -0.05) is 12.8 Å². The van der Waals surface area contributed by atoms with Crippen molar-refractivity contribution in [3.8, 4) is 0 Å². The standard InChI is InChI=1S/C16H28N2O3/c1-15(2,16(3,4)21)17-14(20)11-9-13(19)18(10-11)12-7-5-6-8-12/h11-12,21H,5-10H2,1-4H3,(H,17,20). The summed E-state index contributed by atoms with van der Waals surface area (Å²) in [7, 11) is 0. The van der Waals surface area contributed by atoms with E-state index in [1.165, 1.54) is 12.8 Å². The Bertz CT molecular complexity index is 420. The molecule has 2 N–H and O–H groups in total. The number of carbonyl (C=O) groups is 2. The minimum Gasteiger partial charge on any atom is -0.388 e. The highest BCUT2D eigenvalue weighted by Gasteiger charge is 2.42. The number of amides is 2. The molecule has 0 aromatic rings. The number of hydrogen-bond donors (Lipinski definition) is 2. The smallest absolute Gasteiger partial charge is 0.225 e. The van der Waals surface area contributed by atoms with Crippen molar-refractivity contribution in [2.75, 3.05) is 6.54 Å². The molecule has 5 nitrogen and oxygen atoms in total. The van der Waals surface area contributed by atoms with Gasteiger partial charge in [0, 0.05) is 19.0 Å². The Kier molecular flexibility index (Phi) is 4.34. The van der Waals surface area contributed by atoms with Gasteiger partial charge in [0.15, 0.2) is 0 Å². The molecule has 1 aliphatic carbocycles. The van der Waals surface area contributed by atoms with Crippen molar-refractivity contribution in [2.45, 2.75) is 77.0 Å². The molecule has 1 aliphatic heterocycles. The minimum absolute atomic E-state index is 0.100. The molecule has 2 amide bonds. The van der Waals surface area contributed by atoms with Crippen LogP contribution in [-0.2, 0) is 9.59 Å². The first-order chi connectivity index (χ1) is 9.62. The third-order valence-corrected chi connectivity index (χ3v) is 5.26. The van der Waals surface area contributed by atoms with Gasteiger partial charge in [-0.25, -0.2) is 0 Å². The molecular formula is C16H28N2O3. The van der Waals surface area contributed by atoms with Gasteiger partial charge in [0.2, 0.25) is 11.8 Å². The molecule has 2 aliphatic rings. The van der Waals surface area contributed by atoms with E-state index >= 15 is 0 Å². The highest BCUT2D eigenvalue weighted by Crippen LogP contribution is 2.30. The molecule has 5 heteroatoms. The van der Waals surface area contributed by atoms with E-state index < -0.39 is 11.1 Å². The number of nitrogens with one attached hydrogen (secondary N) is 1. The molecule has 0 spiro atoms. The molecule has 0 aromatic heterocycles. The second-order valence-electron chi connectivity index (χ2n) is 7.56. The van der Waals surface area contributed by atoms with Gasteiger partial charge < -0.3 is 15.3 Å². The fourth-order valence-corrected chi connectivity index (χ4v) is 3.04. The first-order valence-electron chi connectivity index (χ1n) is 7.96. The summed E-state index contributed by atoms with van der Waals surface area (Å²) in [4.78, 5) is 26.4. The van der Waals surface area contributed by atoms with Crippen molar-refractivity contribution in [1.82, 2.24) is 10.2 Å². The molecule has 21 heavy (non-hydrogen) atoms. The van der Waals surface area contributed by atoms with Gasteiger partial charge in [0.05, 0.1) is 17.1 Å². The van der Waals surface area contributed by atoms with Gasteiger partial charge in [-0.2, -0.15) is 0 Å². The van der Waals surface area contributed by atoms with Crippen molar-refractivity contribution < 1.29 is 14.7 Å². The summed E-state index contributed by atoms with van der Waals surface area (Å²) in [6, 6.07) is 0.331. The SMILES string of the molecule is CC(C)(O)C(C)(C)NC(=O)C1CC(=O)N(C2CCCC2)C1. The minimum atomic E-state index is -1.02. The van der Waals surface area contributed by atoms with Crippen LogP contribution >= 0.6 is 0 Å². The Morgan fingerprint density at radius 1 is 1.24 bits per heavy atom. The van der Waals surface area contributed by atoms with Crippen LogP contribution < -0.4 is 5.32 Å². The van der Waals surface area contributed by atoms with E-state index in [0.29, 0.717) is 19.0 Å². The summed E-state index contributed by atoms with van der Waals surface area (Å²) in [5.41, 5.74) is -1.75. The molecule has 1 saturated carbocycles. The second kappa shape index (κ2) is 5.59. The third kappa shape index (κ3) is 3.39. The number of rotatable bonds is 4. The molecule has 2 fully saturated rings.